The van der Waals surface area contributed by atoms with E-state index in [9.17, 15) is 14.7 Å². The Morgan fingerprint density at radius 1 is 1.26 bits per heavy atom. The number of likely N-dealkylation sites (tertiary alicyclic amines) is 1. The summed E-state index contributed by atoms with van der Waals surface area (Å²) in [4.78, 5) is 25.1. The Morgan fingerprint density at radius 2 is 1.87 bits per heavy atom. The van der Waals surface area contributed by atoms with Crippen molar-refractivity contribution in [3.05, 3.63) is 35.4 Å². The molecule has 6 nitrogen and oxygen atoms in total. The molecule has 0 aromatic heterocycles. The quantitative estimate of drug-likeness (QED) is 0.905. The van der Waals surface area contributed by atoms with Crippen molar-refractivity contribution >= 4 is 12.1 Å². The number of carbonyl (C=O) groups excluding carboxylic acids is 1. The number of hydrogen-bond donors (Lipinski definition) is 1. The van der Waals surface area contributed by atoms with E-state index in [-0.39, 0.29) is 19.0 Å². The van der Waals surface area contributed by atoms with Crippen LogP contribution in [0.3, 0.4) is 0 Å². The maximum absolute atomic E-state index is 12.2. The van der Waals surface area contributed by atoms with Gasteiger partial charge < -0.3 is 14.7 Å². The van der Waals surface area contributed by atoms with Crippen LogP contribution in [0.15, 0.2) is 24.3 Å². The zero-order chi connectivity index (χ0) is 17.2. The summed E-state index contributed by atoms with van der Waals surface area (Å²) in [6, 6.07) is 8.84. The summed E-state index contributed by atoms with van der Waals surface area (Å²) < 4.78 is 5.32. The Balaban J connectivity index is 2.19. The van der Waals surface area contributed by atoms with Gasteiger partial charge in [-0.3, -0.25) is 4.79 Å². The van der Waals surface area contributed by atoms with Crippen molar-refractivity contribution in [3.63, 3.8) is 0 Å². The van der Waals surface area contributed by atoms with Gasteiger partial charge in [0.25, 0.3) is 0 Å². The van der Waals surface area contributed by atoms with Gasteiger partial charge in [-0.1, -0.05) is 12.1 Å². The van der Waals surface area contributed by atoms with Crippen LogP contribution >= 0.6 is 0 Å². The standard InChI is InChI=1S/C17H20N2O4/c1-17(2,3)23-16(22)19-9-13(14(10-19)15(20)21)12-6-4-11(8-18)5-7-12/h4-7,13-14H,9-10H2,1-3H3,(H,20,21). The molecule has 122 valence electrons. The van der Waals surface area contributed by atoms with Crippen LogP contribution in [0.5, 0.6) is 0 Å². The molecular weight excluding hydrogens is 296 g/mol. The van der Waals surface area contributed by atoms with E-state index in [1.54, 1.807) is 45.0 Å². The number of ether oxygens (including phenoxy) is 1. The minimum atomic E-state index is -0.939. The summed E-state index contributed by atoms with van der Waals surface area (Å²) in [5.41, 5.74) is 0.701. The molecule has 1 amide bonds. The molecule has 2 atom stereocenters. The lowest BCUT2D eigenvalue weighted by Crippen LogP contribution is -2.35. The molecule has 1 aliphatic rings. The van der Waals surface area contributed by atoms with Crippen LogP contribution in [0.1, 0.15) is 37.8 Å². The SMILES string of the molecule is CC(C)(C)OC(=O)N1CC(C(=O)O)C(c2ccc(C#N)cc2)C1. The summed E-state index contributed by atoms with van der Waals surface area (Å²) >= 11 is 0. The first-order chi connectivity index (χ1) is 10.7. The van der Waals surface area contributed by atoms with E-state index in [2.05, 4.69) is 0 Å². The number of nitrogens with zero attached hydrogens (tertiary/aromatic N) is 2. The molecule has 0 aliphatic carbocycles. The fourth-order valence-electron chi connectivity index (χ4n) is 2.67. The highest BCUT2D eigenvalue weighted by atomic mass is 16.6. The summed E-state index contributed by atoms with van der Waals surface area (Å²) in [5.74, 6) is -1.94. The zero-order valence-corrected chi connectivity index (χ0v) is 13.4. The summed E-state index contributed by atoms with van der Waals surface area (Å²) in [6.07, 6.45) is -0.500. The number of aliphatic carboxylic acids is 1. The molecule has 0 radical (unpaired) electrons. The Morgan fingerprint density at radius 3 is 2.35 bits per heavy atom. The largest absolute Gasteiger partial charge is 0.481 e. The highest BCUT2D eigenvalue weighted by Crippen LogP contribution is 2.33. The molecule has 1 aliphatic heterocycles. The monoisotopic (exact) mass is 316 g/mol. The third kappa shape index (κ3) is 4.01. The maximum Gasteiger partial charge on any atom is 0.410 e. The van der Waals surface area contributed by atoms with Gasteiger partial charge >= 0.3 is 12.1 Å². The highest BCUT2D eigenvalue weighted by molar-refractivity contribution is 5.76. The molecular formula is C17H20N2O4. The highest BCUT2D eigenvalue weighted by Gasteiger charge is 2.41. The lowest BCUT2D eigenvalue weighted by molar-refractivity contribution is -0.141. The van der Waals surface area contributed by atoms with Gasteiger partial charge in [-0.25, -0.2) is 4.79 Å². The van der Waals surface area contributed by atoms with E-state index in [1.807, 2.05) is 6.07 Å². The fourth-order valence-corrected chi connectivity index (χ4v) is 2.67. The van der Waals surface area contributed by atoms with Gasteiger partial charge in [-0.2, -0.15) is 5.26 Å². The van der Waals surface area contributed by atoms with Crippen molar-refractivity contribution in [1.29, 1.82) is 5.26 Å². The van der Waals surface area contributed by atoms with Crippen LogP contribution in [0.2, 0.25) is 0 Å². The van der Waals surface area contributed by atoms with E-state index >= 15 is 0 Å². The second kappa shape index (κ2) is 6.29. The van der Waals surface area contributed by atoms with Gasteiger partial charge in [0.15, 0.2) is 0 Å². The van der Waals surface area contributed by atoms with Crippen LogP contribution < -0.4 is 0 Å². The minimum Gasteiger partial charge on any atom is -0.481 e. The molecule has 1 fully saturated rings. The average molecular weight is 316 g/mol. The molecule has 1 heterocycles. The normalized spacial score (nSPS) is 20.9. The third-order valence-corrected chi connectivity index (χ3v) is 3.76. The lowest BCUT2D eigenvalue weighted by atomic mass is 9.89. The van der Waals surface area contributed by atoms with Gasteiger partial charge in [0.1, 0.15) is 5.60 Å². The van der Waals surface area contributed by atoms with Crippen molar-refractivity contribution in [2.24, 2.45) is 5.92 Å². The molecule has 1 aromatic rings. The molecule has 2 rings (SSSR count). The van der Waals surface area contributed by atoms with Gasteiger partial charge in [0.05, 0.1) is 17.6 Å². The van der Waals surface area contributed by atoms with Crippen molar-refractivity contribution in [3.8, 4) is 6.07 Å². The number of hydrogen-bond acceptors (Lipinski definition) is 4. The van der Waals surface area contributed by atoms with Crippen molar-refractivity contribution < 1.29 is 19.4 Å². The Kier molecular flexibility index (Phi) is 4.60. The molecule has 1 N–H and O–H groups in total. The van der Waals surface area contributed by atoms with E-state index < -0.39 is 23.6 Å². The predicted octanol–water partition coefficient (Wildman–Crippen LogP) is 2.59. The molecule has 1 aromatic carbocycles. The van der Waals surface area contributed by atoms with Crippen LogP contribution in [0, 0.1) is 17.2 Å². The van der Waals surface area contributed by atoms with Gasteiger partial charge in [0, 0.05) is 19.0 Å². The second-order valence-corrected chi connectivity index (χ2v) is 6.67. The lowest BCUT2D eigenvalue weighted by Gasteiger charge is -2.24. The smallest absolute Gasteiger partial charge is 0.410 e. The first kappa shape index (κ1) is 16.8. The maximum atomic E-state index is 12.2. The first-order valence-electron chi connectivity index (χ1n) is 7.42. The molecule has 2 unspecified atom stereocenters. The van der Waals surface area contributed by atoms with Crippen LogP contribution in [0.4, 0.5) is 4.79 Å². The molecule has 0 spiro atoms. The van der Waals surface area contributed by atoms with Crippen LogP contribution in [-0.2, 0) is 9.53 Å². The molecule has 0 bridgehead atoms. The zero-order valence-electron chi connectivity index (χ0n) is 13.4. The number of nitriles is 1. The molecule has 0 saturated carbocycles. The number of rotatable bonds is 2. The molecule has 1 saturated heterocycles. The topological polar surface area (TPSA) is 90.6 Å². The second-order valence-electron chi connectivity index (χ2n) is 6.67. The number of carboxylic acids is 1. The van der Waals surface area contributed by atoms with Gasteiger partial charge in [-0.15, -0.1) is 0 Å². The number of amides is 1. The number of benzene rings is 1. The van der Waals surface area contributed by atoms with E-state index in [4.69, 9.17) is 10.00 Å². The summed E-state index contributed by atoms with van der Waals surface area (Å²) in [5, 5.41) is 18.3. The first-order valence-corrected chi connectivity index (χ1v) is 7.42. The van der Waals surface area contributed by atoms with E-state index in [1.165, 1.54) is 4.90 Å². The summed E-state index contributed by atoms with van der Waals surface area (Å²) in [7, 11) is 0. The minimum absolute atomic E-state index is 0.120. The third-order valence-electron chi connectivity index (χ3n) is 3.76. The van der Waals surface area contributed by atoms with Crippen LogP contribution in [-0.4, -0.2) is 40.8 Å². The molecule has 6 heteroatoms. The van der Waals surface area contributed by atoms with E-state index in [0.29, 0.717) is 5.56 Å². The van der Waals surface area contributed by atoms with Crippen molar-refractivity contribution in [2.75, 3.05) is 13.1 Å². The van der Waals surface area contributed by atoms with Gasteiger partial charge in [0.2, 0.25) is 0 Å². The fraction of sp³-hybridized carbons (Fsp3) is 0.471. The number of carboxylic acid groups (broad SMARTS) is 1. The molecule has 23 heavy (non-hydrogen) atoms. The van der Waals surface area contributed by atoms with Crippen molar-refractivity contribution in [1.82, 2.24) is 4.90 Å². The Labute approximate surface area is 135 Å². The van der Waals surface area contributed by atoms with E-state index in [0.717, 1.165) is 5.56 Å². The Hall–Kier alpha value is -2.55. The average Bonchev–Trinajstić information content (AvgIpc) is 2.91. The van der Waals surface area contributed by atoms with Crippen LogP contribution in [0.25, 0.3) is 0 Å². The van der Waals surface area contributed by atoms with Crippen molar-refractivity contribution in [2.45, 2.75) is 32.3 Å². The van der Waals surface area contributed by atoms with Gasteiger partial charge in [-0.05, 0) is 38.5 Å². The number of carbonyl (C=O) groups is 2. The Bertz CT molecular complexity index is 640. The summed E-state index contributed by atoms with van der Waals surface area (Å²) in [6.45, 7) is 5.72. The predicted molar refractivity (Wildman–Crippen MR) is 82.8 cm³/mol.